The van der Waals surface area contributed by atoms with Crippen LogP contribution in [-0.2, 0) is 0 Å². The molecule has 186 valence electrons. The molecule has 0 amide bonds. The van der Waals surface area contributed by atoms with Gasteiger partial charge in [-0.25, -0.2) is 0 Å². The average Bonchev–Trinajstić information content (AvgIpc) is 3.03. The molecule has 0 atom stereocenters. The van der Waals surface area contributed by atoms with Crippen LogP contribution in [0.1, 0.15) is 0 Å². The predicted octanol–water partition coefficient (Wildman–Crippen LogP) is 8.88. The van der Waals surface area contributed by atoms with Gasteiger partial charge in [-0.15, -0.1) is 0 Å². The molecule has 4 aromatic heterocycles. The van der Waals surface area contributed by atoms with E-state index in [-0.39, 0.29) is 0 Å². The van der Waals surface area contributed by atoms with E-state index in [4.69, 9.17) is 15.0 Å². The average molecular weight is 511 g/mol. The summed E-state index contributed by atoms with van der Waals surface area (Å²) in [5.41, 5.74) is 5.79. The Morgan fingerprint density at radius 3 is 1.48 bits per heavy atom. The molecular weight excluding hydrogens is 488 g/mol. The highest BCUT2D eigenvalue weighted by Gasteiger charge is 2.24. The van der Waals surface area contributed by atoms with Gasteiger partial charge in [0.25, 0.3) is 0 Å². The number of hydrogen-bond donors (Lipinski definition) is 0. The number of rotatable bonds is 3. The minimum atomic E-state index is 0.909. The smallest absolute Gasteiger partial charge is 0.0794 e. The van der Waals surface area contributed by atoms with Crippen molar-refractivity contribution in [1.29, 1.82) is 0 Å². The van der Waals surface area contributed by atoms with E-state index in [9.17, 15) is 0 Å². The normalized spacial score (nSPS) is 11.5. The molecule has 0 unspecified atom stereocenters. The molecule has 8 rings (SSSR count). The van der Waals surface area contributed by atoms with Crippen molar-refractivity contribution in [2.24, 2.45) is 0 Å². The van der Waals surface area contributed by atoms with E-state index in [1.165, 1.54) is 0 Å². The molecule has 0 bridgehead atoms. The zero-order valence-electron chi connectivity index (χ0n) is 21.5. The van der Waals surface area contributed by atoms with Gasteiger partial charge in [-0.1, -0.05) is 72.8 Å². The minimum Gasteiger partial charge on any atom is -0.264 e. The first-order valence-corrected chi connectivity index (χ1v) is 13.3. The SMILES string of the molecule is c1ccc2c(-c3cc4cnccc4c(-c4nccc5ccccc45)c3-c3nccc4ccccc34)nccc2c1. The van der Waals surface area contributed by atoms with E-state index in [1.807, 2.05) is 31.0 Å². The lowest BCUT2D eigenvalue weighted by molar-refractivity contribution is 1.31. The van der Waals surface area contributed by atoms with Crippen molar-refractivity contribution in [2.75, 3.05) is 0 Å². The van der Waals surface area contributed by atoms with Gasteiger partial charge in [-0.05, 0) is 51.9 Å². The van der Waals surface area contributed by atoms with E-state index in [0.717, 1.165) is 76.9 Å². The summed E-state index contributed by atoms with van der Waals surface area (Å²) in [6.45, 7) is 0. The lowest BCUT2D eigenvalue weighted by atomic mass is 9.85. The molecule has 0 saturated carbocycles. The highest BCUT2D eigenvalue weighted by molar-refractivity contribution is 6.16. The lowest BCUT2D eigenvalue weighted by Gasteiger charge is -2.20. The van der Waals surface area contributed by atoms with Crippen LogP contribution in [0.4, 0.5) is 0 Å². The van der Waals surface area contributed by atoms with Crippen molar-refractivity contribution in [3.05, 3.63) is 134 Å². The molecule has 0 saturated heterocycles. The van der Waals surface area contributed by atoms with Crippen LogP contribution < -0.4 is 0 Å². The Morgan fingerprint density at radius 1 is 0.375 bits per heavy atom. The Hall–Kier alpha value is -5.48. The minimum absolute atomic E-state index is 0.909. The van der Waals surface area contributed by atoms with Gasteiger partial charge in [-0.3, -0.25) is 19.9 Å². The van der Waals surface area contributed by atoms with E-state index in [2.05, 4.69) is 108 Å². The van der Waals surface area contributed by atoms with Crippen LogP contribution in [0, 0.1) is 0 Å². The van der Waals surface area contributed by atoms with Gasteiger partial charge >= 0.3 is 0 Å². The molecule has 4 heterocycles. The summed E-state index contributed by atoms with van der Waals surface area (Å²) in [7, 11) is 0. The third-order valence-corrected chi connectivity index (χ3v) is 7.69. The number of nitrogens with zero attached hydrogens (tertiary/aromatic N) is 4. The van der Waals surface area contributed by atoms with Crippen molar-refractivity contribution < 1.29 is 0 Å². The first-order chi connectivity index (χ1) is 19.9. The first-order valence-electron chi connectivity index (χ1n) is 13.3. The van der Waals surface area contributed by atoms with Crippen LogP contribution in [0.5, 0.6) is 0 Å². The quantitative estimate of drug-likeness (QED) is 0.238. The predicted molar refractivity (Wildman–Crippen MR) is 164 cm³/mol. The van der Waals surface area contributed by atoms with Crippen molar-refractivity contribution in [1.82, 2.24) is 19.9 Å². The molecule has 0 N–H and O–H groups in total. The number of benzene rings is 4. The van der Waals surface area contributed by atoms with Crippen molar-refractivity contribution in [3.8, 4) is 33.8 Å². The number of aromatic nitrogens is 4. The molecular formula is C36H22N4. The molecule has 0 fully saturated rings. The number of fused-ring (bicyclic) bond motifs is 4. The summed E-state index contributed by atoms with van der Waals surface area (Å²) in [5, 5.41) is 8.78. The standard InChI is InChI=1S/C36H22N4/c1-4-10-28-23(7-1)13-18-38-34(28)31-21-26-22-37-17-16-27(26)32(35-29-11-5-2-8-24(29)14-19-39-35)33(31)36-30-12-6-3-9-25(30)15-20-40-36/h1-22H. The topological polar surface area (TPSA) is 51.6 Å². The van der Waals surface area contributed by atoms with Crippen LogP contribution in [0.25, 0.3) is 76.9 Å². The maximum absolute atomic E-state index is 5.05. The van der Waals surface area contributed by atoms with Gasteiger partial charge in [0.2, 0.25) is 0 Å². The summed E-state index contributed by atoms with van der Waals surface area (Å²) in [6.07, 6.45) is 9.47. The second-order valence-corrected chi connectivity index (χ2v) is 9.91. The third-order valence-electron chi connectivity index (χ3n) is 7.69. The molecule has 0 aliphatic carbocycles. The van der Waals surface area contributed by atoms with E-state index in [0.29, 0.717) is 0 Å². The zero-order chi connectivity index (χ0) is 26.5. The lowest BCUT2D eigenvalue weighted by Crippen LogP contribution is -1.99. The van der Waals surface area contributed by atoms with Gasteiger partial charge in [0.05, 0.1) is 17.1 Å². The maximum atomic E-state index is 5.05. The molecule has 0 spiro atoms. The summed E-state index contributed by atoms with van der Waals surface area (Å²) >= 11 is 0. The second kappa shape index (κ2) is 9.07. The van der Waals surface area contributed by atoms with Gasteiger partial charge in [-0.2, -0.15) is 0 Å². The van der Waals surface area contributed by atoms with Crippen LogP contribution in [-0.4, -0.2) is 19.9 Å². The Kier molecular flexibility index (Phi) is 5.10. The summed E-state index contributed by atoms with van der Waals surface area (Å²) in [6, 6.07) is 35.7. The molecule has 0 aliphatic heterocycles. The fourth-order valence-corrected chi connectivity index (χ4v) is 5.90. The highest BCUT2D eigenvalue weighted by Crippen LogP contribution is 2.47. The van der Waals surface area contributed by atoms with E-state index < -0.39 is 0 Å². The van der Waals surface area contributed by atoms with Crippen LogP contribution in [0.2, 0.25) is 0 Å². The largest absolute Gasteiger partial charge is 0.264 e. The molecule has 0 aliphatic rings. The summed E-state index contributed by atoms with van der Waals surface area (Å²) < 4.78 is 0. The maximum Gasteiger partial charge on any atom is 0.0794 e. The van der Waals surface area contributed by atoms with Gasteiger partial charge in [0.1, 0.15) is 0 Å². The Bertz CT molecular complexity index is 2220. The Morgan fingerprint density at radius 2 is 0.875 bits per heavy atom. The number of pyridine rings is 4. The van der Waals surface area contributed by atoms with Crippen LogP contribution >= 0.6 is 0 Å². The van der Waals surface area contributed by atoms with Gasteiger partial charge in [0, 0.05) is 69.2 Å². The third kappa shape index (κ3) is 3.47. The summed E-state index contributed by atoms with van der Waals surface area (Å²) in [5.74, 6) is 0. The molecule has 4 nitrogen and oxygen atoms in total. The van der Waals surface area contributed by atoms with E-state index in [1.54, 1.807) is 0 Å². The molecule has 0 radical (unpaired) electrons. The Labute approximate surface area is 230 Å². The molecule has 40 heavy (non-hydrogen) atoms. The molecule has 4 heteroatoms. The van der Waals surface area contributed by atoms with Crippen molar-refractivity contribution in [2.45, 2.75) is 0 Å². The first kappa shape index (κ1) is 22.5. The van der Waals surface area contributed by atoms with Crippen LogP contribution in [0.3, 0.4) is 0 Å². The van der Waals surface area contributed by atoms with Crippen molar-refractivity contribution >= 4 is 43.1 Å². The monoisotopic (exact) mass is 510 g/mol. The fraction of sp³-hybridized carbons (Fsp3) is 0. The Balaban J connectivity index is 1.63. The van der Waals surface area contributed by atoms with Gasteiger partial charge < -0.3 is 0 Å². The second-order valence-electron chi connectivity index (χ2n) is 9.91. The summed E-state index contributed by atoms with van der Waals surface area (Å²) in [4.78, 5) is 19.5. The van der Waals surface area contributed by atoms with Crippen molar-refractivity contribution in [3.63, 3.8) is 0 Å². The van der Waals surface area contributed by atoms with Crippen LogP contribution in [0.15, 0.2) is 134 Å². The molecule has 8 aromatic rings. The van der Waals surface area contributed by atoms with Gasteiger partial charge in [0.15, 0.2) is 0 Å². The number of hydrogen-bond acceptors (Lipinski definition) is 4. The fourth-order valence-electron chi connectivity index (χ4n) is 5.90. The molecule has 4 aromatic carbocycles. The van der Waals surface area contributed by atoms with E-state index >= 15 is 0 Å². The highest BCUT2D eigenvalue weighted by atomic mass is 14.7. The zero-order valence-corrected chi connectivity index (χ0v) is 21.5.